The summed E-state index contributed by atoms with van der Waals surface area (Å²) < 4.78 is 0. The highest BCUT2D eigenvalue weighted by atomic mass is 32.1. The Morgan fingerprint density at radius 2 is 2.20 bits per heavy atom. The molecule has 0 aliphatic rings. The molecule has 0 spiro atoms. The predicted octanol–water partition coefficient (Wildman–Crippen LogP) is 0.951. The molecule has 0 saturated carbocycles. The first-order valence-electron chi connectivity index (χ1n) is 3.07. The number of carbonyl (C=O) groups excluding carboxylic acids is 1. The van der Waals surface area contributed by atoms with Crippen molar-refractivity contribution in [2.24, 2.45) is 0 Å². The summed E-state index contributed by atoms with van der Waals surface area (Å²) in [7, 11) is 1.74. The molecular formula is C7H13NOS. The normalized spacial score (nSPS) is 9.10. The number of hydrogen-bond acceptors (Lipinski definition) is 2. The van der Waals surface area contributed by atoms with Gasteiger partial charge < -0.3 is 4.90 Å². The van der Waals surface area contributed by atoms with E-state index in [1.165, 1.54) is 0 Å². The molecule has 0 atom stereocenters. The lowest BCUT2D eigenvalue weighted by atomic mass is 10.3. The second kappa shape index (κ2) is 4.39. The molecule has 0 saturated heterocycles. The van der Waals surface area contributed by atoms with E-state index in [2.05, 4.69) is 19.2 Å². The summed E-state index contributed by atoms with van der Waals surface area (Å²) in [5.74, 6) is 0.301. The van der Waals surface area contributed by atoms with Gasteiger partial charge in [-0.1, -0.05) is 12.2 Å². The molecule has 0 heterocycles. The minimum Gasteiger partial charge on any atom is -0.341 e. The van der Waals surface area contributed by atoms with Crippen LogP contribution in [0.3, 0.4) is 0 Å². The maximum absolute atomic E-state index is 10.9. The predicted molar refractivity (Wildman–Crippen MR) is 46.3 cm³/mol. The zero-order valence-corrected chi connectivity index (χ0v) is 7.32. The number of hydrogen-bond donors (Lipinski definition) is 1. The van der Waals surface area contributed by atoms with E-state index in [0.29, 0.717) is 6.54 Å². The zero-order chi connectivity index (χ0) is 8.15. The van der Waals surface area contributed by atoms with Gasteiger partial charge in [0.25, 0.3) is 0 Å². The Kier molecular flexibility index (Phi) is 4.19. The number of rotatable bonds is 3. The van der Waals surface area contributed by atoms with Crippen LogP contribution in [0, 0.1) is 0 Å². The van der Waals surface area contributed by atoms with Gasteiger partial charge in [-0.05, 0) is 6.92 Å². The van der Waals surface area contributed by atoms with E-state index in [4.69, 9.17) is 0 Å². The van der Waals surface area contributed by atoms with E-state index in [-0.39, 0.29) is 11.7 Å². The summed E-state index contributed by atoms with van der Waals surface area (Å²) >= 11 is 3.86. The van der Waals surface area contributed by atoms with Crippen LogP contribution in [0.25, 0.3) is 0 Å². The highest BCUT2D eigenvalue weighted by molar-refractivity contribution is 7.81. The number of thiol groups is 1. The lowest BCUT2D eigenvalue weighted by molar-refractivity contribution is -0.126. The summed E-state index contributed by atoms with van der Waals surface area (Å²) in [6.45, 7) is 6.21. The van der Waals surface area contributed by atoms with E-state index in [9.17, 15) is 4.79 Å². The van der Waals surface area contributed by atoms with E-state index in [1.807, 2.05) is 6.92 Å². The van der Waals surface area contributed by atoms with Gasteiger partial charge in [0, 0.05) is 13.6 Å². The van der Waals surface area contributed by atoms with Crippen LogP contribution in [0.1, 0.15) is 6.92 Å². The molecule has 0 aromatic carbocycles. The van der Waals surface area contributed by atoms with Crippen molar-refractivity contribution in [3.05, 3.63) is 12.2 Å². The van der Waals surface area contributed by atoms with Gasteiger partial charge in [0.2, 0.25) is 5.91 Å². The van der Waals surface area contributed by atoms with Crippen LogP contribution in [0.2, 0.25) is 0 Å². The first-order chi connectivity index (χ1) is 4.57. The van der Waals surface area contributed by atoms with Crippen molar-refractivity contribution in [3.8, 4) is 0 Å². The maximum Gasteiger partial charge on any atom is 0.232 e. The van der Waals surface area contributed by atoms with Crippen molar-refractivity contribution in [2.75, 3.05) is 19.3 Å². The molecule has 0 aliphatic heterocycles. The Labute approximate surface area is 67.3 Å². The van der Waals surface area contributed by atoms with Crippen LogP contribution < -0.4 is 0 Å². The van der Waals surface area contributed by atoms with Gasteiger partial charge in [-0.3, -0.25) is 4.79 Å². The van der Waals surface area contributed by atoms with Crippen molar-refractivity contribution in [1.29, 1.82) is 0 Å². The quantitative estimate of drug-likeness (QED) is 0.480. The first-order valence-corrected chi connectivity index (χ1v) is 3.70. The number of likely N-dealkylation sites (N-methyl/N-ethyl adjacent to an activating group) is 1. The van der Waals surface area contributed by atoms with Crippen LogP contribution in [0.15, 0.2) is 12.2 Å². The SMILES string of the molecule is C=C(C)CN(C)C(=O)CS. The van der Waals surface area contributed by atoms with E-state index in [0.717, 1.165) is 5.57 Å². The second-order valence-electron chi connectivity index (χ2n) is 2.37. The molecule has 0 radical (unpaired) electrons. The Hall–Kier alpha value is -0.440. The highest BCUT2D eigenvalue weighted by Crippen LogP contribution is 1.93. The fourth-order valence-electron chi connectivity index (χ4n) is 0.614. The lowest BCUT2D eigenvalue weighted by Crippen LogP contribution is -2.28. The molecule has 0 aliphatic carbocycles. The van der Waals surface area contributed by atoms with Gasteiger partial charge in [-0.2, -0.15) is 12.6 Å². The van der Waals surface area contributed by atoms with Crippen molar-refractivity contribution < 1.29 is 4.79 Å². The van der Waals surface area contributed by atoms with Crippen LogP contribution in [-0.4, -0.2) is 30.2 Å². The van der Waals surface area contributed by atoms with Gasteiger partial charge in [0.1, 0.15) is 0 Å². The van der Waals surface area contributed by atoms with Crippen LogP contribution in [0.5, 0.6) is 0 Å². The average Bonchev–Trinajstić information content (AvgIpc) is 1.85. The number of carbonyl (C=O) groups is 1. The molecular weight excluding hydrogens is 146 g/mol. The maximum atomic E-state index is 10.9. The van der Waals surface area contributed by atoms with Gasteiger partial charge in [0.05, 0.1) is 5.75 Å². The lowest BCUT2D eigenvalue weighted by Gasteiger charge is -2.15. The molecule has 0 rings (SSSR count). The second-order valence-corrected chi connectivity index (χ2v) is 2.68. The van der Waals surface area contributed by atoms with E-state index >= 15 is 0 Å². The van der Waals surface area contributed by atoms with Gasteiger partial charge in [-0.25, -0.2) is 0 Å². The number of nitrogens with zero attached hydrogens (tertiary/aromatic N) is 1. The molecule has 58 valence electrons. The molecule has 0 unspecified atom stereocenters. The fraction of sp³-hybridized carbons (Fsp3) is 0.571. The third-order valence-corrected chi connectivity index (χ3v) is 1.34. The Balaban J connectivity index is 3.72. The van der Waals surface area contributed by atoms with Crippen LogP contribution in [-0.2, 0) is 4.79 Å². The van der Waals surface area contributed by atoms with Gasteiger partial charge in [-0.15, -0.1) is 0 Å². The Bertz CT molecular complexity index is 145. The largest absolute Gasteiger partial charge is 0.341 e. The zero-order valence-electron chi connectivity index (χ0n) is 6.42. The molecule has 0 bridgehead atoms. The summed E-state index contributed by atoms with van der Waals surface area (Å²) in [4.78, 5) is 12.5. The third kappa shape index (κ3) is 3.56. The summed E-state index contributed by atoms with van der Waals surface area (Å²) in [6.07, 6.45) is 0. The van der Waals surface area contributed by atoms with E-state index < -0.39 is 0 Å². The van der Waals surface area contributed by atoms with E-state index in [1.54, 1.807) is 11.9 Å². The summed E-state index contributed by atoms with van der Waals surface area (Å²) in [5, 5.41) is 0. The van der Waals surface area contributed by atoms with Gasteiger partial charge >= 0.3 is 0 Å². The highest BCUT2D eigenvalue weighted by Gasteiger charge is 2.04. The summed E-state index contributed by atoms with van der Waals surface area (Å²) in [6, 6.07) is 0. The van der Waals surface area contributed by atoms with Crippen LogP contribution in [0.4, 0.5) is 0 Å². The molecule has 0 aromatic heterocycles. The minimum absolute atomic E-state index is 0.0336. The van der Waals surface area contributed by atoms with Crippen molar-refractivity contribution in [3.63, 3.8) is 0 Å². The molecule has 1 amide bonds. The number of amides is 1. The minimum atomic E-state index is 0.0336. The molecule has 0 fully saturated rings. The first kappa shape index (κ1) is 9.56. The van der Waals surface area contributed by atoms with Crippen molar-refractivity contribution in [2.45, 2.75) is 6.92 Å². The summed E-state index contributed by atoms with van der Waals surface area (Å²) in [5.41, 5.74) is 0.984. The smallest absolute Gasteiger partial charge is 0.232 e. The van der Waals surface area contributed by atoms with Crippen molar-refractivity contribution >= 4 is 18.5 Å². The van der Waals surface area contributed by atoms with Gasteiger partial charge in [0.15, 0.2) is 0 Å². The molecule has 3 heteroatoms. The average molecular weight is 159 g/mol. The topological polar surface area (TPSA) is 20.3 Å². The monoisotopic (exact) mass is 159 g/mol. The molecule has 0 aromatic rings. The van der Waals surface area contributed by atoms with Crippen molar-refractivity contribution in [1.82, 2.24) is 4.90 Å². The standard InChI is InChI=1S/C7H13NOS/c1-6(2)4-8(3)7(9)5-10/h10H,1,4-5H2,2-3H3. The fourth-order valence-corrected chi connectivity index (χ4v) is 0.855. The molecule has 0 N–H and O–H groups in total. The molecule has 2 nitrogen and oxygen atoms in total. The molecule has 10 heavy (non-hydrogen) atoms. The third-order valence-electron chi connectivity index (χ3n) is 1.07. The van der Waals surface area contributed by atoms with Crippen LogP contribution >= 0.6 is 12.6 Å². The Morgan fingerprint density at radius 1 is 1.70 bits per heavy atom. The Morgan fingerprint density at radius 3 is 2.50 bits per heavy atom.